The van der Waals surface area contributed by atoms with Crippen molar-refractivity contribution in [2.75, 3.05) is 23.4 Å². The van der Waals surface area contributed by atoms with Gasteiger partial charge >= 0.3 is 5.97 Å². The summed E-state index contributed by atoms with van der Waals surface area (Å²) in [5.74, 6) is -1.52. The van der Waals surface area contributed by atoms with Crippen LogP contribution in [-0.4, -0.2) is 36.7 Å². The van der Waals surface area contributed by atoms with Crippen LogP contribution in [0.3, 0.4) is 0 Å². The van der Waals surface area contributed by atoms with Crippen molar-refractivity contribution in [2.45, 2.75) is 20.8 Å². The van der Waals surface area contributed by atoms with E-state index >= 15 is 0 Å². The van der Waals surface area contributed by atoms with Crippen LogP contribution in [0.25, 0.3) is 0 Å². The summed E-state index contributed by atoms with van der Waals surface area (Å²) >= 11 is 0. The molecule has 0 aromatic heterocycles. The van der Waals surface area contributed by atoms with Crippen LogP contribution in [0.15, 0.2) is 48.5 Å². The molecule has 0 saturated heterocycles. The molecular weight excluding hydrogens is 360 g/mol. The maximum atomic E-state index is 12.5. The Morgan fingerprint density at radius 2 is 1.71 bits per heavy atom. The molecule has 0 bridgehead atoms. The molecule has 0 fully saturated rings. The smallest absolute Gasteiger partial charge is 0.340 e. The van der Waals surface area contributed by atoms with Gasteiger partial charge in [0.05, 0.1) is 17.9 Å². The molecule has 1 N–H and O–H groups in total. The molecule has 2 rings (SSSR count). The third kappa shape index (κ3) is 5.26. The first kappa shape index (κ1) is 20.8. The number of esters is 1. The molecule has 0 atom stereocenters. The van der Waals surface area contributed by atoms with E-state index < -0.39 is 11.9 Å². The van der Waals surface area contributed by atoms with Gasteiger partial charge in [-0.25, -0.2) is 4.79 Å². The second kappa shape index (κ2) is 9.45. The lowest BCUT2D eigenvalue weighted by atomic mass is 10.1. The molecule has 2 aromatic rings. The van der Waals surface area contributed by atoms with E-state index in [0.717, 1.165) is 0 Å². The Hall–Kier alpha value is -3.48. The van der Waals surface area contributed by atoms with Gasteiger partial charge in [-0.3, -0.25) is 14.4 Å². The van der Waals surface area contributed by atoms with Crippen molar-refractivity contribution in [2.24, 2.45) is 0 Å². The summed E-state index contributed by atoms with van der Waals surface area (Å²) in [6, 6.07) is 13.0. The zero-order valence-corrected chi connectivity index (χ0v) is 16.0. The number of benzene rings is 2. The number of carbonyl (C=O) groups is 4. The highest BCUT2D eigenvalue weighted by Crippen LogP contribution is 2.19. The molecule has 0 heterocycles. The van der Waals surface area contributed by atoms with Gasteiger partial charge in [0.15, 0.2) is 5.78 Å². The largest absolute Gasteiger partial charge is 0.462 e. The van der Waals surface area contributed by atoms with Crippen LogP contribution in [0.4, 0.5) is 11.4 Å². The fraction of sp³-hybridized carbons (Fsp3) is 0.238. The maximum Gasteiger partial charge on any atom is 0.340 e. The molecule has 0 aliphatic carbocycles. The van der Waals surface area contributed by atoms with Gasteiger partial charge in [0, 0.05) is 18.2 Å². The fourth-order valence-corrected chi connectivity index (χ4v) is 2.59. The van der Waals surface area contributed by atoms with E-state index in [4.69, 9.17) is 4.74 Å². The molecule has 7 heteroatoms. The molecule has 146 valence electrons. The Kier molecular flexibility index (Phi) is 7.03. The average molecular weight is 382 g/mol. The predicted molar refractivity (Wildman–Crippen MR) is 106 cm³/mol. The number of para-hydroxylation sites is 1. The van der Waals surface area contributed by atoms with E-state index in [1.807, 2.05) is 0 Å². The van der Waals surface area contributed by atoms with Crippen molar-refractivity contribution in [3.63, 3.8) is 0 Å². The highest BCUT2D eigenvalue weighted by atomic mass is 16.5. The average Bonchev–Trinajstić information content (AvgIpc) is 2.66. The number of ether oxygens (including phenoxy) is 1. The molecule has 28 heavy (non-hydrogen) atoms. The normalized spacial score (nSPS) is 10.1. The highest BCUT2D eigenvalue weighted by molar-refractivity contribution is 6.05. The summed E-state index contributed by atoms with van der Waals surface area (Å²) in [5, 5.41) is 2.64. The summed E-state index contributed by atoms with van der Waals surface area (Å²) in [4.78, 5) is 49.5. The van der Waals surface area contributed by atoms with E-state index in [0.29, 0.717) is 16.9 Å². The van der Waals surface area contributed by atoms with Gasteiger partial charge in [-0.15, -0.1) is 0 Å². The molecule has 0 spiro atoms. The number of hydrogen-bond acceptors (Lipinski definition) is 5. The molecule has 7 nitrogen and oxygen atoms in total. The summed E-state index contributed by atoms with van der Waals surface area (Å²) in [6.07, 6.45) is 0. The Morgan fingerprint density at radius 3 is 2.36 bits per heavy atom. The van der Waals surface area contributed by atoms with Crippen molar-refractivity contribution >= 4 is 34.9 Å². The molecule has 0 saturated carbocycles. The molecular formula is C21H22N2O5. The van der Waals surface area contributed by atoms with Gasteiger partial charge < -0.3 is 15.0 Å². The van der Waals surface area contributed by atoms with Crippen LogP contribution in [-0.2, 0) is 14.3 Å². The fourth-order valence-electron chi connectivity index (χ4n) is 2.59. The lowest BCUT2D eigenvalue weighted by Gasteiger charge is -2.21. The van der Waals surface area contributed by atoms with E-state index in [9.17, 15) is 19.2 Å². The van der Waals surface area contributed by atoms with Gasteiger partial charge in [-0.05, 0) is 38.1 Å². The number of carbonyl (C=O) groups excluding carboxylic acids is 4. The predicted octanol–water partition coefficient (Wildman–Crippen LogP) is 3.06. The topological polar surface area (TPSA) is 92.8 Å². The third-order valence-electron chi connectivity index (χ3n) is 3.94. The monoisotopic (exact) mass is 382 g/mol. The van der Waals surface area contributed by atoms with Gasteiger partial charge in [0.25, 0.3) is 0 Å². The van der Waals surface area contributed by atoms with Crippen LogP contribution < -0.4 is 10.2 Å². The highest BCUT2D eigenvalue weighted by Gasteiger charge is 2.19. The van der Waals surface area contributed by atoms with E-state index in [1.54, 1.807) is 55.5 Å². The van der Waals surface area contributed by atoms with E-state index in [-0.39, 0.29) is 30.4 Å². The summed E-state index contributed by atoms with van der Waals surface area (Å²) in [7, 11) is 0. The Balaban J connectivity index is 2.21. The number of ketones is 1. The lowest BCUT2D eigenvalue weighted by Crippen LogP contribution is -2.37. The molecule has 0 aliphatic heterocycles. The minimum Gasteiger partial charge on any atom is -0.462 e. The van der Waals surface area contributed by atoms with Crippen molar-refractivity contribution in [3.05, 3.63) is 59.7 Å². The van der Waals surface area contributed by atoms with Crippen molar-refractivity contribution in [1.82, 2.24) is 0 Å². The third-order valence-corrected chi connectivity index (χ3v) is 3.94. The lowest BCUT2D eigenvalue weighted by molar-refractivity contribution is -0.120. The molecule has 0 unspecified atom stereocenters. The first-order chi connectivity index (χ1) is 13.3. The van der Waals surface area contributed by atoms with Crippen LogP contribution in [0.2, 0.25) is 0 Å². The summed E-state index contributed by atoms with van der Waals surface area (Å²) in [5.41, 5.74) is 1.41. The molecule has 2 aromatic carbocycles. The quantitative estimate of drug-likeness (QED) is 0.587. The second-order valence-corrected chi connectivity index (χ2v) is 6.03. The Labute approximate surface area is 163 Å². The van der Waals surface area contributed by atoms with E-state index in [2.05, 4.69) is 5.32 Å². The van der Waals surface area contributed by atoms with Gasteiger partial charge in [-0.1, -0.05) is 24.3 Å². The van der Waals surface area contributed by atoms with Crippen molar-refractivity contribution in [1.29, 1.82) is 0 Å². The number of nitrogens with one attached hydrogen (secondary N) is 1. The number of hydrogen-bond donors (Lipinski definition) is 1. The van der Waals surface area contributed by atoms with Crippen molar-refractivity contribution < 1.29 is 23.9 Å². The first-order valence-electron chi connectivity index (χ1n) is 8.78. The number of amides is 2. The zero-order valence-electron chi connectivity index (χ0n) is 16.0. The molecule has 0 radical (unpaired) electrons. The molecule has 0 aliphatic rings. The Bertz CT molecular complexity index is 907. The van der Waals surface area contributed by atoms with Crippen LogP contribution in [0.1, 0.15) is 41.5 Å². The standard InChI is InChI=1S/C21H22N2O5/c1-4-28-21(27)18-10-5-6-11-19(18)22-20(26)13-23(15(3)25)17-9-7-8-16(12-17)14(2)24/h5-12H,4,13H2,1-3H3,(H,22,26). The first-order valence-corrected chi connectivity index (χ1v) is 8.78. The van der Waals surface area contributed by atoms with Crippen LogP contribution in [0, 0.1) is 0 Å². The van der Waals surface area contributed by atoms with Crippen LogP contribution in [0.5, 0.6) is 0 Å². The molecule has 2 amide bonds. The Morgan fingerprint density at radius 1 is 1.00 bits per heavy atom. The number of nitrogens with zero attached hydrogens (tertiary/aromatic N) is 1. The number of rotatable bonds is 7. The van der Waals surface area contributed by atoms with Crippen molar-refractivity contribution in [3.8, 4) is 0 Å². The van der Waals surface area contributed by atoms with Gasteiger partial charge in [0.1, 0.15) is 6.54 Å². The zero-order chi connectivity index (χ0) is 20.7. The summed E-state index contributed by atoms with van der Waals surface area (Å²) in [6.45, 7) is 4.40. The minimum atomic E-state index is -0.545. The minimum absolute atomic E-state index is 0.141. The maximum absolute atomic E-state index is 12.5. The number of anilines is 2. The van der Waals surface area contributed by atoms with Gasteiger partial charge in [0.2, 0.25) is 11.8 Å². The summed E-state index contributed by atoms with van der Waals surface area (Å²) < 4.78 is 4.99. The van der Waals surface area contributed by atoms with E-state index in [1.165, 1.54) is 18.7 Å². The SMILES string of the molecule is CCOC(=O)c1ccccc1NC(=O)CN(C(C)=O)c1cccc(C(C)=O)c1. The second-order valence-electron chi connectivity index (χ2n) is 6.03. The van der Waals surface area contributed by atoms with Crippen LogP contribution >= 0.6 is 0 Å². The van der Waals surface area contributed by atoms with Gasteiger partial charge in [-0.2, -0.15) is 0 Å². The number of Topliss-reactive ketones (excluding diaryl/α,β-unsaturated/α-hetero) is 1.